The number of hydrogen-bond acceptors (Lipinski definition) is 6. The van der Waals surface area contributed by atoms with Crippen molar-refractivity contribution in [3.63, 3.8) is 0 Å². The minimum absolute atomic E-state index is 0.936. The Hall–Kier alpha value is -0.910. The number of carbonyl (C=O) groups excluding carboxylic acids is 1. The Morgan fingerprint density at radius 1 is 1.11 bits per heavy atom. The molecular weight excluding hydrogens is 263 g/mol. The monoisotopic (exact) mass is 282 g/mol. The average molecular weight is 282 g/mol. The first kappa shape index (κ1) is 17.1. The maximum absolute atomic E-state index is 11.8. The summed E-state index contributed by atoms with van der Waals surface area (Å²) in [6, 6.07) is 0. The van der Waals surface area contributed by atoms with E-state index in [9.17, 15) is 14.2 Å². The van der Waals surface area contributed by atoms with E-state index in [4.69, 9.17) is 14.4 Å². The molecule has 106 valence electrons. The van der Waals surface area contributed by atoms with E-state index >= 15 is 0 Å². The third-order valence-corrected chi connectivity index (χ3v) is 3.53. The molecule has 0 aromatic rings. The molecule has 0 spiro atoms. The molecule has 1 atom stereocenters. The molecule has 0 fully saturated rings. The molecule has 0 aliphatic heterocycles. The quantitative estimate of drug-likeness (QED) is 0.584. The first-order chi connectivity index (χ1) is 7.84. The molecule has 8 heteroatoms. The van der Waals surface area contributed by atoms with Crippen molar-refractivity contribution in [2.45, 2.75) is 38.9 Å². The molecule has 0 aliphatic rings. The van der Waals surface area contributed by atoms with Gasteiger partial charge in [0.15, 0.2) is 5.60 Å². The molecule has 0 aromatic heterocycles. The Bertz CT molecular complexity index is 386. The van der Waals surface area contributed by atoms with E-state index in [2.05, 4.69) is 4.52 Å². The van der Waals surface area contributed by atoms with Gasteiger partial charge < -0.3 is 14.4 Å². The fourth-order valence-electron chi connectivity index (χ4n) is 0.887. The number of rotatable bonds is 6. The summed E-state index contributed by atoms with van der Waals surface area (Å²) >= 11 is 0. The molecular formula is C10H19O7P. The molecule has 0 radical (unpaired) electrons. The summed E-state index contributed by atoms with van der Waals surface area (Å²) in [4.78, 5) is 22.6. The van der Waals surface area contributed by atoms with Crippen LogP contribution >= 0.6 is 7.60 Å². The second kappa shape index (κ2) is 5.38. The van der Waals surface area contributed by atoms with E-state index in [0.717, 1.165) is 0 Å². The van der Waals surface area contributed by atoms with Crippen LogP contribution in [0.2, 0.25) is 0 Å². The third kappa shape index (κ3) is 4.76. The van der Waals surface area contributed by atoms with Crippen LogP contribution < -0.4 is 0 Å². The van der Waals surface area contributed by atoms with Crippen molar-refractivity contribution in [2.24, 2.45) is 0 Å². The van der Waals surface area contributed by atoms with Crippen molar-refractivity contribution in [2.75, 3.05) is 13.8 Å². The Morgan fingerprint density at radius 3 is 1.89 bits per heavy atom. The van der Waals surface area contributed by atoms with Gasteiger partial charge in [-0.2, -0.15) is 0 Å². The predicted octanol–water partition coefficient (Wildman–Crippen LogP) is 1.66. The first-order valence-corrected chi connectivity index (χ1v) is 7.14. The van der Waals surface area contributed by atoms with Gasteiger partial charge in [-0.1, -0.05) is 0 Å². The number of aliphatic carboxylic acids is 1. The third-order valence-electron chi connectivity index (χ3n) is 2.08. The van der Waals surface area contributed by atoms with Crippen LogP contribution in [-0.2, 0) is 27.9 Å². The van der Waals surface area contributed by atoms with Crippen LogP contribution in [0.4, 0.5) is 0 Å². The van der Waals surface area contributed by atoms with Gasteiger partial charge in [0.05, 0.1) is 0 Å². The summed E-state index contributed by atoms with van der Waals surface area (Å²) in [7, 11) is -2.20. The van der Waals surface area contributed by atoms with Gasteiger partial charge in [-0.05, 0) is 27.7 Å². The molecule has 0 aromatic carbocycles. The fourth-order valence-corrected chi connectivity index (χ4v) is 1.87. The molecule has 0 bridgehead atoms. The van der Waals surface area contributed by atoms with Gasteiger partial charge in [-0.3, -0.25) is 9.09 Å². The number of hydrogen-bond donors (Lipinski definition) is 1. The molecule has 1 N–H and O–H groups in total. The zero-order valence-corrected chi connectivity index (χ0v) is 12.2. The van der Waals surface area contributed by atoms with Gasteiger partial charge in [0.2, 0.25) is 5.60 Å². The van der Waals surface area contributed by atoms with Crippen molar-refractivity contribution < 1.29 is 33.0 Å². The number of carboxylic acids is 1. The van der Waals surface area contributed by atoms with Crippen LogP contribution in [0.15, 0.2) is 0 Å². The number of esters is 1. The molecule has 0 heterocycles. The van der Waals surface area contributed by atoms with Crippen molar-refractivity contribution in [1.29, 1.82) is 0 Å². The smallest absolute Gasteiger partial charge is 0.347 e. The predicted molar refractivity (Wildman–Crippen MR) is 63.5 cm³/mol. The topological polar surface area (TPSA) is 99.1 Å². The second-order valence-electron chi connectivity index (χ2n) is 4.76. The van der Waals surface area contributed by atoms with Crippen LogP contribution in [0.25, 0.3) is 0 Å². The lowest BCUT2D eigenvalue weighted by Gasteiger charge is -2.29. The standard InChI is InChI=1S/C10H19O7P/c1-9(2,7(11)12)16-8(13)10(3,4)17-18(6,14)15-5/h1-6H3,(H,11,12)/t18-/m0/s1. The van der Waals surface area contributed by atoms with Crippen molar-refractivity contribution >= 4 is 19.5 Å². The summed E-state index contributed by atoms with van der Waals surface area (Å²) in [5, 5.41) is 8.84. The maximum atomic E-state index is 11.8. The van der Waals surface area contributed by atoms with Crippen LogP contribution in [-0.4, -0.2) is 42.0 Å². The molecule has 7 nitrogen and oxygen atoms in total. The lowest BCUT2D eigenvalue weighted by Crippen LogP contribution is -2.44. The van der Waals surface area contributed by atoms with Gasteiger partial charge in [0.1, 0.15) is 0 Å². The highest BCUT2D eigenvalue weighted by atomic mass is 31.2. The van der Waals surface area contributed by atoms with Gasteiger partial charge >= 0.3 is 19.5 Å². The van der Waals surface area contributed by atoms with Crippen LogP contribution in [0.1, 0.15) is 27.7 Å². The Labute approximate surface area is 106 Å². The number of carbonyl (C=O) groups is 2. The van der Waals surface area contributed by atoms with Gasteiger partial charge in [-0.25, -0.2) is 9.59 Å². The molecule has 18 heavy (non-hydrogen) atoms. The fraction of sp³-hybridized carbons (Fsp3) is 0.800. The van der Waals surface area contributed by atoms with Crippen molar-refractivity contribution in [3.05, 3.63) is 0 Å². The highest BCUT2D eigenvalue weighted by Gasteiger charge is 2.42. The minimum Gasteiger partial charge on any atom is -0.478 e. The molecule has 0 amide bonds. The zero-order chi connectivity index (χ0) is 14.8. The Balaban J connectivity index is 4.89. The lowest BCUT2D eigenvalue weighted by atomic mass is 10.1. The summed E-state index contributed by atoms with van der Waals surface area (Å²) in [5.41, 5.74) is -3.27. The zero-order valence-electron chi connectivity index (χ0n) is 11.3. The molecule has 0 rings (SSSR count). The van der Waals surface area contributed by atoms with Crippen LogP contribution in [0, 0.1) is 0 Å². The van der Waals surface area contributed by atoms with Crippen LogP contribution in [0.3, 0.4) is 0 Å². The van der Waals surface area contributed by atoms with Gasteiger partial charge in [-0.15, -0.1) is 0 Å². The molecule has 0 aliphatic carbocycles. The summed E-state index contributed by atoms with van der Waals surface area (Å²) in [5.74, 6) is -2.23. The van der Waals surface area contributed by atoms with E-state index in [1.54, 1.807) is 0 Å². The van der Waals surface area contributed by atoms with E-state index in [-0.39, 0.29) is 0 Å². The van der Waals surface area contributed by atoms with E-state index in [1.165, 1.54) is 41.5 Å². The molecule has 0 saturated heterocycles. The van der Waals surface area contributed by atoms with Gasteiger partial charge in [0.25, 0.3) is 0 Å². The van der Waals surface area contributed by atoms with E-state index < -0.39 is 30.7 Å². The second-order valence-corrected chi connectivity index (χ2v) is 6.85. The normalized spacial score (nSPS) is 15.9. The van der Waals surface area contributed by atoms with E-state index in [1.807, 2.05) is 0 Å². The summed E-state index contributed by atoms with van der Waals surface area (Å²) in [6.45, 7) is 6.30. The van der Waals surface area contributed by atoms with Crippen molar-refractivity contribution in [3.8, 4) is 0 Å². The number of ether oxygens (including phenoxy) is 1. The van der Waals surface area contributed by atoms with Gasteiger partial charge in [0, 0.05) is 13.8 Å². The molecule has 0 unspecified atom stereocenters. The Morgan fingerprint density at radius 2 is 1.56 bits per heavy atom. The van der Waals surface area contributed by atoms with E-state index in [0.29, 0.717) is 0 Å². The average Bonchev–Trinajstić information content (AvgIpc) is 2.15. The summed E-state index contributed by atoms with van der Waals surface area (Å²) in [6.07, 6.45) is 0. The largest absolute Gasteiger partial charge is 0.478 e. The SMILES string of the molecule is CO[P@](C)(=O)OC(C)(C)C(=O)OC(C)(C)C(=O)O. The highest BCUT2D eigenvalue weighted by Crippen LogP contribution is 2.47. The first-order valence-electron chi connectivity index (χ1n) is 5.15. The van der Waals surface area contributed by atoms with Crippen molar-refractivity contribution in [1.82, 2.24) is 0 Å². The maximum Gasteiger partial charge on any atom is 0.347 e. The number of carboxylic acid groups (broad SMARTS) is 1. The molecule has 0 saturated carbocycles. The highest BCUT2D eigenvalue weighted by molar-refractivity contribution is 7.53. The lowest BCUT2D eigenvalue weighted by molar-refractivity contribution is -0.184. The summed E-state index contributed by atoms with van der Waals surface area (Å²) < 4.78 is 26.1. The Kier molecular flexibility index (Phi) is 5.11. The van der Waals surface area contributed by atoms with Crippen LogP contribution in [0.5, 0.6) is 0 Å². The minimum atomic E-state index is -3.39.